The number of anilines is 2. The van der Waals surface area contributed by atoms with E-state index in [0.717, 1.165) is 43.9 Å². The van der Waals surface area contributed by atoms with Crippen LogP contribution in [0.25, 0.3) is 0 Å². The third-order valence-corrected chi connectivity index (χ3v) is 8.80. The lowest BCUT2D eigenvalue weighted by molar-refractivity contribution is 0.0504. The Morgan fingerprint density at radius 2 is 1.81 bits per heavy atom. The molecule has 0 saturated carbocycles. The zero-order valence-corrected chi connectivity index (χ0v) is 27.0. The molecule has 0 spiro atoms. The van der Waals surface area contributed by atoms with Crippen LogP contribution < -0.4 is 15.1 Å². The van der Waals surface area contributed by atoms with Gasteiger partial charge >= 0.3 is 12.1 Å². The number of amides is 2. The van der Waals surface area contributed by atoms with E-state index in [9.17, 15) is 18.4 Å². The van der Waals surface area contributed by atoms with Crippen molar-refractivity contribution in [3.8, 4) is 0 Å². The topological polar surface area (TPSA) is 139 Å². The van der Waals surface area contributed by atoms with Crippen molar-refractivity contribution >= 4 is 24.0 Å². The smallest absolute Gasteiger partial charge is 0.407 e. The average Bonchev–Trinajstić information content (AvgIpc) is 3.82. The van der Waals surface area contributed by atoms with Gasteiger partial charge < -0.3 is 34.0 Å². The standard InChI is InChI=1S/C32H40F2N8O5/c1-32(2,3)46-31(44)37-25-18-42(17-23(25)22-14-20(33)7-8-24(22)34)29-35-15-19(16-36-29)28(43)40(4)21-9-11-41(12-10-21)30-38-27(39-47-30)26-6-5-13-45-26/h7-8,14-16,21,23,25-26H,5-6,9-13,17-18H2,1-4H3,(H,37,44)/t23-,25+,26+/m1/s1. The Kier molecular flexibility index (Phi) is 9.26. The van der Waals surface area contributed by atoms with Gasteiger partial charge in [0.15, 0.2) is 0 Å². The molecule has 5 heterocycles. The maximum Gasteiger partial charge on any atom is 0.407 e. The van der Waals surface area contributed by atoms with Crippen LogP contribution in [0.15, 0.2) is 35.1 Å². The minimum Gasteiger partial charge on any atom is -0.444 e. The first-order valence-corrected chi connectivity index (χ1v) is 15.9. The van der Waals surface area contributed by atoms with Crippen molar-refractivity contribution < 1.29 is 32.4 Å². The molecule has 3 aliphatic heterocycles. The molecule has 3 saturated heterocycles. The highest BCUT2D eigenvalue weighted by molar-refractivity contribution is 5.93. The minimum absolute atomic E-state index is 0.000764. The summed E-state index contributed by atoms with van der Waals surface area (Å²) in [6.45, 7) is 7.68. The van der Waals surface area contributed by atoms with E-state index in [0.29, 0.717) is 43.0 Å². The van der Waals surface area contributed by atoms with Gasteiger partial charge in [-0.1, -0.05) is 5.16 Å². The first-order chi connectivity index (χ1) is 22.4. The van der Waals surface area contributed by atoms with Crippen molar-refractivity contribution in [3.63, 3.8) is 0 Å². The van der Waals surface area contributed by atoms with Crippen molar-refractivity contribution in [2.75, 3.05) is 49.6 Å². The fourth-order valence-corrected chi connectivity index (χ4v) is 6.36. The number of ether oxygens (including phenoxy) is 2. The zero-order valence-electron chi connectivity index (χ0n) is 27.0. The lowest BCUT2D eigenvalue weighted by Crippen LogP contribution is -2.45. The molecule has 3 aliphatic rings. The van der Waals surface area contributed by atoms with E-state index in [1.165, 1.54) is 12.4 Å². The highest BCUT2D eigenvalue weighted by Crippen LogP contribution is 2.33. The molecular weight excluding hydrogens is 614 g/mol. The van der Waals surface area contributed by atoms with Gasteiger partial charge in [0.2, 0.25) is 11.8 Å². The Bertz CT molecular complexity index is 1570. The molecule has 0 aliphatic carbocycles. The number of nitrogens with one attached hydrogen (secondary N) is 1. The highest BCUT2D eigenvalue weighted by Gasteiger charge is 2.39. The molecule has 3 aromatic rings. The Morgan fingerprint density at radius 1 is 1.06 bits per heavy atom. The lowest BCUT2D eigenvalue weighted by Gasteiger charge is -2.35. The molecule has 47 heavy (non-hydrogen) atoms. The maximum absolute atomic E-state index is 14.9. The summed E-state index contributed by atoms with van der Waals surface area (Å²) in [4.78, 5) is 45.0. The van der Waals surface area contributed by atoms with Gasteiger partial charge in [-0.25, -0.2) is 23.5 Å². The average molecular weight is 655 g/mol. The molecule has 252 valence electrons. The minimum atomic E-state index is -0.736. The number of halogens is 2. The van der Waals surface area contributed by atoms with E-state index in [2.05, 4.69) is 25.4 Å². The number of benzene rings is 1. The predicted octanol–water partition coefficient (Wildman–Crippen LogP) is 4.23. The molecule has 0 bridgehead atoms. The molecule has 0 radical (unpaired) electrons. The van der Waals surface area contributed by atoms with Crippen LogP contribution in [0, 0.1) is 11.6 Å². The van der Waals surface area contributed by atoms with Gasteiger partial charge in [-0.05, 0) is 70.2 Å². The Hall–Kier alpha value is -4.40. The molecule has 13 nitrogen and oxygen atoms in total. The van der Waals surface area contributed by atoms with E-state index >= 15 is 0 Å². The second kappa shape index (κ2) is 13.4. The van der Waals surface area contributed by atoms with Crippen LogP contribution in [-0.4, -0.2) is 94.5 Å². The summed E-state index contributed by atoms with van der Waals surface area (Å²) in [6, 6.07) is 3.12. The number of carbonyl (C=O) groups excluding carboxylic acids is 2. The summed E-state index contributed by atoms with van der Waals surface area (Å²) in [5, 5.41) is 6.90. The van der Waals surface area contributed by atoms with Gasteiger partial charge in [0.25, 0.3) is 5.91 Å². The molecule has 0 unspecified atom stereocenters. The van der Waals surface area contributed by atoms with Crippen molar-refractivity contribution in [2.45, 2.75) is 76.2 Å². The van der Waals surface area contributed by atoms with E-state index in [-0.39, 0.29) is 36.7 Å². The third-order valence-electron chi connectivity index (χ3n) is 8.80. The molecule has 3 fully saturated rings. The summed E-state index contributed by atoms with van der Waals surface area (Å²) in [5.74, 6) is -1.09. The summed E-state index contributed by atoms with van der Waals surface area (Å²) < 4.78 is 45.5. The summed E-state index contributed by atoms with van der Waals surface area (Å²) in [7, 11) is 1.77. The number of nitrogens with zero attached hydrogens (tertiary/aromatic N) is 7. The van der Waals surface area contributed by atoms with E-state index < -0.39 is 35.3 Å². The van der Waals surface area contributed by atoms with Crippen LogP contribution in [0.2, 0.25) is 0 Å². The van der Waals surface area contributed by atoms with Crippen molar-refractivity contribution in [3.05, 3.63) is 59.2 Å². The van der Waals surface area contributed by atoms with E-state index in [4.69, 9.17) is 14.0 Å². The van der Waals surface area contributed by atoms with Gasteiger partial charge in [0.05, 0.1) is 11.6 Å². The SMILES string of the molecule is CN(C(=O)c1cnc(N2C[C@H](NC(=O)OC(C)(C)C)[C@@H](c3cc(F)ccc3F)C2)nc1)C1CCN(c2nc([C@@H]3CCCO3)no2)CC1. The number of piperidine rings is 1. The zero-order chi connectivity index (χ0) is 33.3. The Morgan fingerprint density at radius 3 is 2.49 bits per heavy atom. The molecule has 6 rings (SSSR count). The molecule has 3 atom stereocenters. The van der Waals surface area contributed by atoms with Crippen LogP contribution in [0.3, 0.4) is 0 Å². The number of aromatic nitrogens is 4. The summed E-state index contributed by atoms with van der Waals surface area (Å²) >= 11 is 0. The number of rotatable bonds is 7. The van der Waals surface area contributed by atoms with Crippen LogP contribution in [0.1, 0.15) is 80.2 Å². The van der Waals surface area contributed by atoms with Gasteiger partial charge in [-0.3, -0.25) is 4.79 Å². The quantitative estimate of drug-likeness (QED) is 0.392. The summed E-state index contributed by atoms with van der Waals surface area (Å²) in [6.07, 6.45) is 5.47. The number of hydrogen-bond acceptors (Lipinski definition) is 11. The second-order valence-electron chi connectivity index (χ2n) is 13.3. The number of alkyl carbamates (subject to hydrolysis) is 1. The van der Waals surface area contributed by atoms with E-state index in [1.807, 2.05) is 4.90 Å². The van der Waals surface area contributed by atoms with Crippen LogP contribution >= 0.6 is 0 Å². The largest absolute Gasteiger partial charge is 0.444 e. The number of carbonyl (C=O) groups is 2. The van der Waals surface area contributed by atoms with Crippen LogP contribution in [0.5, 0.6) is 0 Å². The highest BCUT2D eigenvalue weighted by atomic mass is 19.1. The fraction of sp³-hybridized carbons (Fsp3) is 0.562. The van der Waals surface area contributed by atoms with Crippen molar-refractivity contribution in [1.82, 2.24) is 30.3 Å². The van der Waals surface area contributed by atoms with Gasteiger partial charge in [0, 0.05) is 64.2 Å². The molecule has 15 heteroatoms. The molecular formula is C32H40F2N8O5. The second-order valence-corrected chi connectivity index (χ2v) is 13.3. The normalized spacial score (nSPS) is 22.0. The Balaban J connectivity index is 1.08. The maximum atomic E-state index is 14.9. The van der Waals surface area contributed by atoms with Crippen LogP contribution in [0.4, 0.5) is 25.5 Å². The monoisotopic (exact) mass is 654 g/mol. The number of hydrogen-bond donors (Lipinski definition) is 1. The first-order valence-electron chi connectivity index (χ1n) is 15.9. The fourth-order valence-electron chi connectivity index (χ4n) is 6.36. The predicted molar refractivity (Wildman–Crippen MR) is 166 cm³/mol. The summed E-state index contributed by atoms with van der Waals surface area (Å²) in [5.41, 5.74) is -0.275. The molecule has 1 N–H and O–H groups in total. The molecule has 1 aromatic carbocycles. The van der Waals surface area contributed by atoms with Gasteiger partial charge in [-0.15, -0.1) is 0 Å². The van der Waals surface area contributed by atoms with Gasteiger partial charge in [0.1, 0.15) is 23.3 Å². The van der Waals surface area contributed by atoms with Crippen molar-refractivity contribution in [1.29, 1.82) is 0 Å². The molecule has 2 aromatic heterocycles. The van der Waals surface area contributed by atoms with Crippen LogP contribution in [-0.2, 0) is 9.47 Å². The van der Waals surface area contributed by atoms with Gasteiger partial charge in [-0.2, -0.15) is 4.98 Å². The van der Waals surface area contributed by atoms with E-state index in [1.54, 1.807) is 37.6 Å². The van der Waals surface area contributed by atoms with Crippen molar-refractivity contribution in [2.24, 2.45) is 0 Å². The lowest BCUT2D eigenvalue weighted by atomic mass is 9.94. The Labute approximate surface area is 271 Å². The first kappa shape index (κ1) is 32.5. The third kappa shape index (κ3) is 7.45. The molecule has 2 amide bonds.